The molecule has 0 fully saturated rings. The zero-order valence-corrected chi connectivity index (χ0v) is 6.87. The van der Waals surface area contributed by atoms with Crippen LogP contribution in [0.4, 0.5) is 4.39 Å². The summed E-state index contributed by atoms with van der Waals surface area (Å²) < 4.78 is 11.8. The Balaban J connectivity index is 4.67. The van der Waals surface area contributed by atoms with Gasteiger partial charge in [-0.05, 0) is 0 Å². The van der Waals surface area contributed by atoms with Gasteiger partial charge in [0, 0.05) is 20.3 Å². The normalized spacial score (nSPS) is 11.1. The summed E-state index contributed by atoms with van der Waals surface area (Å²) in [5.74, 6) is -2.43. The van der Waals surface area contributed by atoms with Gasteiger partial charge in [-0.1, -0.05) is 0 Å². The molecule has 0 saturated heterocycles. The van der Waals surface area contributed by atoms with Crippen molar-refractivity contribution in [3.05, 3.63) is 11.8 Å². The molecular weight excluding hydrogens is 165 g/mol. The summed E-state index contributed by atoms with van der Waals surface area (Å²) in [5.41, 5.74) is -0.539. The molecule has 0 atom stereocenters. The third-order valence-corrected chi connectivity index (χ3v) is 1.04. The highest BCUT2D eigenvalue weighted by atomic mass is 19.1. The number of carbonyl (C=O) groups excluding carboxylic acids is 1. The molecule has 0 spiro atoms. The van der Waals surface area contributed by atoms with Gasteiger partial charge in [0.25, 0.3) is 0 Å². The van der Waals surface area contributed by atoms with E-state index in [0.717, 1.165) is 6.20 Å². The van der Waals surface area contributed by atoms with Crippen molar-refractivity contribution in [3.63, 3.8) is 0 Å². The second-order valence-electron chi connectivity index (χ2n) is 2.37. The number of hydrogen-bond donors (Lipinski definition) is 1. The number of ketones is 1. The Bertz CT molecular complexity index is 223. The molecule has 0 aromatic carbocycles. The summed E-state index contributed by atoms with van der Waals surface area (Å²) in [7, 11) is 3.10. The molecule has 5 heteroatoms. The van der Waals surface area contributed by atoms with Crippen molar-refractivity contribution in [2.45, 2.75) is 0 Å². The van der Waals surface area contributed by atoms with Crippen LogP contribution in [0, 0.1) is 0 Å². The number of Topliss-reactive ketones (excluding diaryl/α,β-unsaturated/α-hetero) is 1. The van der Waals surface area contributed by atoms with E-state index in [2.05, 4.69) is 0 Å². The number of alkyl halides is 1. The summed E-state index contributed by atoms with van der Waals surface area (Å²) in [6.07, 6.45) is 1.07. The minimum absolute atomic E-state index is 0.539. The second kappa shape index (κ2) is 4.48. The molecule has 68 valence electrons. The van der Waals surface area contributed by atoms with Crippen molar-refractivity contribution in [2.24, 2.45) is 0 Å². The number of hydrogen-bond acceptors (Lipinski definition) is 3. The van der Waals surface area contributed by atoms with Crippen LogP contribution in [0.3, 0.4) is 0 Å². The number of carboxylic acid groups (broad SMARTS) is 1. The number of carbonyl (C=O) groups is 2. The fourth-order valence-electron chi connectivity index (χ4n) is 0.577. The molecule has 0 aliphatic rings. The maximum atomic E-state index is 11.8. The van der Waals surface area contributed by atoms with Crippen molar-refractivity contribution >= 4 is 11.8 Å². The summed E-state index contributed by atoms with van der Waals surface area (Å²) in [6, 6.07) is 0. The van der Waals surface area contributed by atoms with E-state index >= 15 is 0 Å². The average Bonchev–Trinajstić information content (AvgIpc) is 1.98. The van der Waals surface area contributed by atoms with Gasteiger partial charge >= 0.3 is 5.97 Å². The minimum Gasteiger partial charge on any atom is -0.478 e. The molecule has 12 heavy (non-hydrogen) atoms. The Hall–Kier alpha value is -1.39. The lowest BCUT2D eigenvalue weighted by Gasteiger charge is -2.05. The summed E-state index contributed by atoms with van der Waals surface area (Å²) in [5, 5.41) is 8.44. The van der Waals surface area contributed by atoms with Crippen molar-refractivity contribution in [2.75, 3.05) is 20.8 Å². The van der Waals surface area contributed by atoms with Gasteiger partial charge in [-0.25, -0.2) is 9.18 Å². The van der Waals surface area contributed by atoms with Gasteiger partial charge in [0.1, 0.15) is 5.57 Å². The van der Waals surface area contributed by atoms with Gasteiger partial charge in [-0.15, -0.1) is 0 Å². The first-order chi connectivity index (χ1) is 5.49. The molecule has 0 aliphatic carbocycles. The monoisotopic (exact) mass is 175 g/mol. The molecule has 0 unspecified atom stereocenters. The second-order valence-corrected chi connectivity index (χ2v) is 2.37. The standard InChI is InChI=1S/C7H10FNO3/c1-9(2)4-5(7(11)12)6(10)3-8/h4H,3H2,1-2H3,(H,11,12)/b5-4-. The van der Waals surface area contributed by atoms with Gasteiger partial charge in [-0.3, -0.25) is 4.79 Å². The van der Waals surface area contributed by atoms with Crippen LogP contribution in [0.1, 0.15) is 0 Å². The smallest absolute Gasteiger partial charge is 0.340 e. The van der Waals surface area contributed by atoms with Gasteiger partial charge < -0.3 is 10.0 Å². The van der Waals surface area contributed by atoms with Crippen LogP contribution in [0.25, 0.3) is 0 Å². The van der Waals surface area contributed by atoms with Gasteiger partial charge in [0.2, 0.25) is 5.78 Å². The summed E-state index contributed by atoms with van der Waals surface area (Å²) >= 11 is 0. The molecule has 0 aromatic rings. The highest BCUT2D eigenvalue weighted by molar-refractivity contribution is 6.16. The topological polar surface area (TPSA) is 57.6 Å². The van der Waals surface area contributed by atoms with Crippen LogP contribution in [0.2, 0.25) is 0 Å². The van der Waals surface area contributed by atoms with E-state index in [4.69, 9.17) is 5.11 Å². The van der Waals surface area contributed by atoms with Crippen molar-refractivity contribution in [1.29, 1.82) is 0 Å². The lowest BCUT2D eigenvalue weighted by Crippen LogP contribution is -2.17. The van der Waals surface area contributed by atoms with E-state index in [1.807, 2.05) is 0 Å². The van der Waals surface area contributed by atoms with Crippen LogP contribution >= 0.6 is 0 Å². The van der Waals surface area contributed by atoms with Gasteiger partial charge in [-0.2, -0.15) is 0 Å². The fraction of sp³-hybridized carbons (Fsp3) is 0.429. The van der Waals surface area contributed by atoms with E-state index in [9.17, 15) is 14.0 Å². The predicted molar refractivity (Wildman–Crippen MR) is 40.4 cm³/mol. The fourth-order valence-corrected chi connectivity index (χ4v) is 0.577. The van der Waals surface area contributed by atoms with Crippen LogP contribution in [0.15, 0.2) is 11.8 Å². The summed E-state index contributed by atoms with van der Waals surface area (Å²) in [4.78, 5) is 22.4. The molecule has 0 heterocycles. The Labute approximate surface area is 69.3 Å². The quantitative estimate of drug-likeness (QED) is 0.373. The average molecular weight is 175 g/mol. The van der Waals surface area contributed by atoms with E-state index in [-0.39, 0.29) is 0 Å². The van der Waals surface area contributed by atoms with Crippen molar-refractivity contribution < 1.29 is 19.1 Å². The lowest BCUT2D eigenvalue weighted by atomic mass is 10.2. The number of halogens is 1. The Morgan fingerprint density at radius 2 is 2.00 bits per heavy atom. The van der Waals surface area contributed by atoms with Crippen LogP contribution in [-0.4, -0.2) is 42.5 Å². The third-order valence-electron chi connectivity index (χ3n) is 1.04. The number of aliphatic carboxylic acids is 1. The highest BCUT2D eigenvalue weighted by Crippen LogP contribution is 1.98. The molecule has 0 saturated carbocycles. The van der Waals surface area contributed by atoms with E-state index in [1.54, 1.807) is 14.1 Å². The predicted octanol–water partition coefficient (Wildman–Crippen LogP) is 0.0551. The zero-order chi connectivity index (χ0) is 9.72. The molecule has 0 amide bonds. The number of carboxylic acids is 1. The van der Waals surface area contributed by atoms with Crippen LogP contribution in [-0.2, 0) is 9.59 Å². The molecule has 0 aromatic heterocycles. The molecule has 0 bridgehead atoms. The largest absolute Gasteiger partial charge is 0.478 e. The number of nitrogens with zero attached hydrogens (tertiary/aromatic N) is 1. The van der Waals surface area contributed by atoms with Gasteiger partial charge in [0.05, 0.1) is 0 Å². The van der Waals surface area contributed by atoms with Crippen LogP contribution < -0.4 is 0 Å². The molecule has 0 aliphatic heterocycles. The van der Waals surface area contributed by atoms with E-state index in [1.165, 1.54) is 4.90 Å². The maximum Gasteiger partial charge on any atom is 0.340 e. The highest BCUT2D eigenvalue weighted by Gasteiger charge is 2.16. The van der Waals surface area contributed by atoms with E-state index in [0.29, 0.717) is 0 Å². The molecule has 4 nitrogen and oxygen atoms in total. The molecule has 0 radical (unpaired) electrons. The first-order valence-electron chi connectivity index (χ1n) is 3.19. The van der Waals surface area contributed by atoms with Crippen LogP contribution in [0.5, 0.6) is 0 Å². The van der Waals surface area contributed by atoms with Crippen molar-refractivity contribution in [3.8, 4) is 0 Å². The first-order valence-corrected chi connectivity index (χ1v) is 3.19. The lowest BCUT2D eigenvalue weighted by molar-refractivity contribution is -0.134. The Kier molecular flexibility index (Phi) is 3.96. The van der Waals surface area contributed by atoms with E-state index < -0.39 is 24.0 Å². The molecular formula is C7H10FNO3. The number of rotatable bonds is 4. The zero-order valence-electron chi connectivity index (χ0n) is 6.87. The molecule has 1 N–H and O–H groups in total. The van der Waals surface area contributed by atoms with Gasteiger partial charge in [0.15, 0.2) is 6.67 Å². The maximum absolute atomic E-state index is 11.8. The third kappa shape index (κ3) is 3.14. The minimum atomic E-state index is -1.41. The summed E-state index contributed by atoms with van der Waals surface area (Å²) in [6.45, 7) is -1.29. The SMILES string of the molecule is CN(C)/C=C(\C(=O)O)C(=O)CF. The Morgan fingerprint density at radius 3 is 2.25 bits per heavy atom. The first kappa shape index (κ1) is 10.6. The van der Waals surface area contributed by atoms with Crippen molar-refractivity contribution in [1.82, 2.24) is 4.90 Å². The molecule has 0 rings (SSSR count). The Morgan fingerprint density at radius 1 is 1.50 bits per heavy atom.